The molecule has 0 fully saturated rings. The Morgan fingerprint density at radius 3 is 2.76 bits per heavy atom. The Balaban J connectivity index is 1.96. The summed E-state index contributed by atoms with van der Waals surface area (Å²) in [6.45, 7) is 0.580. The summed E-state index contributed by atoms with van der Waals surface area (Å²) in [6.07, 6.45) is 1.72. The van der Waals surface area contributed by atoms with E-state index >= 15 is 0 Å². The molecular weight excluding hydrogens is 340 g/mol. The van der Waals surface area contributed by atoms with Crippen molar-refractivity contribution in [2.24, 2.45) is 0 Å². The average Bonchev–Trinajstić information content (AvgIpc) is 2.63. The number of aryl methyl sites for hydroxylation is 2. The van der Waals surface area contributed by atoms with Gasteiger partial charge in [0.15, 0.2) is 0 Å². The molecule has 0 unspecified atom stereocenters. The van der Waals surface area contributed by atoms with Crippen LogP contribution in [0.4, 0.5) is 5.69 Å². The zero-order valence-corrected chi connectivity index (χ0v) is 14.0. The van der Waals surface area contributed by atoms with Gasteiger partial charge in [-0.15, -0.1) is 0 Å². The van der Waals surface area contributed by atoms with E-state index in [9.17, 15) is 20.0 Å². The SMILES string of the molecule is O=c1c(Sc2ccccc2[N+](=O)[O-])c(O)c2cccc3c2n1CCC3. The lowest BCUT2D eigenvalue weighted by atomic mass is 10.0. The van der Waals surface area contributed by atoms with Gasteiger partial charge in [0.05, 0.1) is 15.3 Å². The average molecular weight is 354 g/mol. The van der Waals surface area contributed by atoms with E-state index in [-0.39, 0.29) is 21.9 Å². The molecule has 3 aromatic rings. The highest BCUT2D eigenvalue weighted by molar-refractivity contribution is 7.99. The lowest BCUT2D eigenvalue weighted by molar-refractivity contribution is -0.387. The molecule has 2 heterocycles. The number of aromatic hydroxyl groups is 1. The van der Waals surface area contributed by atoms with Gasteiger partial charge >= 0.3 is 0 Å². The highest BCUT2D eigenvalue weighted by atomic mass is 32.2. The van der Waals surface area contributed by atoms with Crippen molar-refractivity contribution in [3.8, 4) is 5.75 Å². The van der Waals surface area contributed by atoms with Crippen LogP contribution in [0.2, 0.25) is 0 Å². The second kappa shape index (κ2) is 5.93. The summed E-state index contributed by atoms with van der Waals surface area (Å²) in [6, 6.07) is 11.8. The summed E-state index contributed by atoms with van der Waals surface area (Å²) in [5, 5.41) is 22.5. The van der Waals surface area contributed by atoms with Gasteiger partial charge in [-0.05, 0) is 30.5 Å². The van der Waals surface area contributed by atoms with Gasteiger partial charge in [-0.3, -0.25) is 14.9 Å². The standard InChI is InChI=1S/C18H14N2O4S/c21-16-12-7-3-5-11-6-4-10-19(15(11)12)18(22)17(16)25-14-9-2-1-8-13(14)20(23)24/h1-3,5,7-9,21H,4,6,10H2. The lowest BCUT2D eigenvalue weighted by Crippen LogP contribution is -2.25. The van der Waals surface area contributed by atoms with Crippen LogP contribution < -0.4 is 5.56 Å². The predicted octanol–water partition coefficient (Wildman–Crippen LogP) is 3.71. The first kappa shape index (κ1) is 15.7. The van der Waals surface area contributed by atoms with Crippen molar-refractivity contribution in [1.29, 1.82) is 0 Å². The van der Waals surface area contributed by atoms with E-state index in [1.165, 1.54) is 6.07 Å². The quantitative estimate of drug-likeness (QED) is 0.572. The molecular formula is C18H14N2O4S. The van der Waals surface area contributed by atoms with E-state index in [0.29, 0.717) is 16.8 Å². The number of nitro benzene ring substituents is 1. The second-order valence-corrected chi connectivity index (χ2v) is 6.93. The van der Waals surface area contributed by atoms with Crippen molar-refractivity contribution in [3.05, 3.63) is 68.5 Å². The van der Waals surface area contributed by atoms with E-state index in [0.717, 1.165) is 35.7 Å². The summed E-state index contributed by atoms with van der Waals surface area (Å²) >= 11 is 0.945. The van der Waals surface area contributed by atoms with Crippen LogP contribution in [0.5, 0.6) is 5.75 Å². The zero-order chi connectivity index (χ0) is 17.6. The fraction of sp³-hybridized carbons (Fsp3) is 0.167. The number of benzene rings is 2. The second-order valence-electron chi connectivity index (χ2n) is 5.88. The molecule has 0 saturated heterocycles. The summed E-state index contributed by atoms with van der Waals surface area (Å²) in [5.41, 5.74) is 1.42. The van der Waals surface area contributed by atoms with E-state index in [2.05, 4.69) is 0 Å². The number of rotatable bonds is 3. The molecule has 0 radical (unpaired) electrons. The zero-order valence-electron chi connectivity index (χ0n) is 13.1. The normalized spacial score (nSPS) is 13.1. The summed E-state index contributed by atoms with van der Waals surface area (Å²) in [5.74, 6) is -0.108. The molecule has 1 N–H and O–H groups in total. The van der Waals surface area contributed by atoms with Gasteiger partial charge in [0.25, 0.3) is 11.2 Å². The van der Waals surface area contributed by atoms with Crippen LogP contribution in [0, 0.1) is 10.1 Å². The van der Waals surface area contributed by atoms with Gasteiger partial charge in [0, 0.05) is 18.0 Å². The maximum absolute atomic E-state index is 12.9. The predicted molar refractivity (Wildman–Crippen MR) is 95.4 cm³/mol. The third-order valence-corrected chi connectivity index (χ3v) is 5.54. The molecule has 126 valence electrons. The van der Waals surface area contributed by atoms with E-state index in [1.807, 2.05) is 12.1 Å². The molecule has 2 aromatic carbocycles. The third-order valence-electron chi connectivity index (χ3n) is 4.40. The van der Waals surface area contributed by atoms with Crippen molar-refractivity contribution in [2.75, 3.05) is 0 Å². The van der Waals surface area contributed by atoms with Crippen molar-refractivity contribution >= 4 is 28.4 Å². The minimum Gasteiger partial charge on any atom is -0.506 e. The van der Waals surface area contributed by atoms with Crippen molar-refractivity contribution in [2.45, 2.75) is 29.2 Å². The Kier molecular flexibility index (Phi) is 3.73. The minimum atomic E-state index is -0.486. The molecule has 0 aliphatic carbocycles. The lowest BCUT2D eigenvalue weighted by Gasteiger charge is -2.21. The highest BCUT2D eigenvalue weighted by Gasteiger charge is 2.23. The van der Waals surface area contributed by atoms with Crippen LogP contribution in [0.25, 0.3) is 10.9 Å². The minimum absolute atomic E-state index is 0.0845. The van der Waals surface area contributed by atoms with Crippen molar-refractivity contribution in [1.82, 2.24) is 4.57 Å². The fourth-order valence-corrected chi connectivity index (χ4v) is 4.31. The first-order valence-electron chi connectivity index (χ1n) is 7.86. The molecule has 1 aliphatic heterocycles. The van der Waals surface area contributed by atoms with Crippen LogP contribution in [0.15, 0.2) is 57.1 Å². The molecule has 25 heavy (non-hydrogen) atoms. The monoisotopic (exact) mass is 354 g/mol. The molecule has 1 aliphatic rings. The van der Waals surface area contributed by atoms with Crippen LogP contribution in [-0.2, 0) is 13.0 Å². The maximum atomic E-state index is 12.9. The molecule has 0 bridgehead atoms. The Morgan fingerprint density at radius 1 is 1.16 bits per heavy atom. The third kappa shape index (κ3) is 2.47. The molecule has 7 heteroatoms. The topological polar surface area (TPSA) is 85.4 Å². The number of hydrogen-bond donors (Lipinski definition) is 1. The smallest absolute Gasteiger partial charge is 0.283 e. The van der Waals surface area contributed by atoms with Crippen LogP contribution in [0.1, 0.15) is 12.0 Å². The number of para-hydroxylation sites is 2. The molecule has 0 spiro atoms. The number of pyridine rings is 1. The summed E-state index contributed by atoms with van der Waals surface area (Å²) in [4.78, 5) is 24.1. The fourth-order valence-electron chi connectivity index (χ4n) is 3.29. The molecule has 4 rings (SSSR count). The summed E-state index contributed by atoms with van der Waals surface area (Å²) in [7, 11) is 0. The van der Waals surface area contributed by atoms with Gasteiger partial charge in [0.2, 0.25) is 0 Å². The first-order chi connectivity index (χ1) is 12.1. The van der Waals surface area contributed by atoms with Crippen LogP contribution in [-0.4, -0.2) is 14.6 Å². The van der Waals surface area contributed by atoms with Gasteiger partial charge in [-0.2, -0.15) is 0 Å². The molecule has 0 saturated carbocycles. The number of aromatic nitrogens is 1. The Bertz CT molecular complexity index is 1070. The van der Waals surface area contributed by atoms with Crippen molar-refractivity contribution < 1.29 is 10.0 Å². The van der Waals surface area contributed by atoms with Crippen LogP contribution >= 0.6 is 11.8 Å². The molecule has 0 atom stereocenters. The number of nitrogens with zero attached hydrogens (tertiary/aromatic N) is 2. The van der Waals surface area contributed by atoms with E-state index < -0.39 is 4.92 Å². The first-order valence-corrected chi connectivity index (χ1v) is 8.68. The van der Waals surface area contributed by atoms with Gasteiger partial charge in [0.1, 0.15) is 10.6 Å². The number of nitro groups is 1. The molecule has 6 nitrogen and oxygen atoms in total. The highest BCUT2D eigenvalue weighted by Crippen LogP contribution is 2.41. The van der Waals surface area contributed by atoms with Crippen LogP contribution in [0.3, 0.4) is 0 Å². The van der Waals surface area contributed by atoms with Crippen molar-refractivity contribution in [3.63, 3.8) is 0 Å². The molecule has 0 amide bonds. The Labute approximate surface area is 146 Å². The summed E-state index contributed by atoms with van der Waals surface area (Å²) < 4.78 is 1.67. The largest absolute Gasteiger partial charge is 0.506 e. The number of hydrogen-bond acceptors (Lipinski definition) is 5. The molecule has 1 aromatic heterocycles. The Morgan fingerprint density at radius 2 is 1.96 bits per heavy atom. The maximum Gasteiger partial charge on any atom is 0.283 e. The van der Waals surface area contributed by atoms with E-state index in [1.54, 1.807) is 28.8 Å². The van der Waals surface area contributed by atoms with Gasteiger partial charge in [-0.25, -0.2) is 0 Å². The van der Waals surface area contributed by atoms with Gasteiger partial charge in [-0.1, -0.05) is 36.0 Å². The Hall–Kier alpha value is -2.80. The van der Waals surface area contributed by atoms with Gasteiger partial charge < -0.3 is 9.67 Å². The van der Waals surface area contributed by atoms with E-state index in [4.69, 9.17) is 0 Å².